The Labute approximate surface area is 250 Å². The number of piperidine rings is 1. The molecule has 13 heteroatoms. The maximum atomic E-state index is 14.0. The highest BCUT2D eigenvalue weighted by atomic mass is 19.4. The summed E-state index contributed by atoms with van der Waals surface area (Å²) >= 11 is 0. The molecule has 7 rings (SSSR count). The number of hydrogen-bond donors (Lipinski definition) is 3. The number of nitrogens with two attached hydrogens (primary N) is 1. The number of urea groups is 1. The van der Waals surface area contributed by atoms with Crippen LogP contribution >= 0.6 is 0 Å². The first kappa shape index (κ1) is 28.0. The Morgan fingerprint density at radius 3 is 2.59 bits per heavy atom. The molecule has 1 saturated heterocycles. The number of ether oxygens (including phenoxy) is 1. The molecule has 2 amide bonds. The molecule has 4 N–H and O–H groups in total. The van der Waals surface area contributed by atoms with Gasteiger partial charge >= 0.3 is 12.2 Å². The van der Waals surface area contributed by atoms with Gasteiger partial charge in [0, 0.05) is 42.0 Å². The molecule has 0 atom stereocenters. The van der Waals surface area contributed by atoms with Gasteiger partial charge in [0.05, 0.1) is 22.9 Å². The van der Waals surface area contributed by atoms with E-state index >= 15 is 0 Å². The summed E-state index contributed by atoms with van der Waals surface area (Å²) in [6.07, 6.45) is 3.41. The number of likely N-dealkylation sites (tertiary alicyclic amines) is 1. The molecule has 2 aliphatic rings. The Morgan fingerprint density at radius 1 is 1.05 bits per heavy atom. The lowest BCUT2D eigenvalue weighted by Crippen LogP contribution is -2.36. The van der Waals surface area contributed by atoms with Crippen LogP contribution < -0.4 is 21.1 Å². The fourth-order valence-corrected chi connectivity index (χ4v) is 5.84. The number of halogens is 3. The van der Waals surface area contributed by atoms with E-state index in [2.05, 4.69) is 30.1 Å². The van der Waals surface area contributed by atoms with Crippen molar-refractivity contribution in [1.29, 1.82) is 0 Å². The summed E-state index contributed by atoms with van der Waals surface area (Å²) in [5, 5.41) is 6.67. The number of rotatable bonds is 6. The van der Waals surface area contributed by atoms with Crippen LogP contribution in [0.2, 0.25) is 0 Å². The molecular weight excluding hydrogens is 575 g/mol. The zero-order valence-electron chi connectivity index (χ0n) is 23.8. The minimum Gasteiger partial charge on any atom is -0.490 e. The van der Waals surface area contributed by atoms with Crippen molar-refractivity contribution in [2.75, 3.05) is 36.5 Å². The summed E-state index contributed by atoms with van der Waals surface area (Å²) in [6, 6.07) is 8.47. The number of alkyl halides is 3. The number of carbonyl (C=O) groups excluding carboxylic acids is 1. The SMILES string of the molecule is CN1CCC(Oc2ccc(NC(=O)Nc3ccc(-c4cn(C5CC5)c5ncnc(N)c45)c4ccoc34)cc2C(F)(F)F)CC1. The third-order valence-electron chi connectivity index (χ3n) is 8.24. The second-order valence-electron chi connectivity index (χ2n) is 11.4. The molecule has 0 radical (unpaired) electrons. The average Bonchev–Trinajstić information content (AvgIpc) is 3.56. The molecule has 10 nitrogen and oxygen atoms in total. The van der Waals surface area contributed by atoms with Crippen LogP contribution in [0.25, 0.3) is 33.1 Å². The van der Waals surface area contributed by atoms with Crippen molar-refractivity contribution in [3.05, 3.63) is 60.7 Å². The number of fused-ring (bicyclic) bond motifs is 2. The molecule has 1 saturated carbocycles. The van der Waals surface area contributed by atoms with Crippen molar-refractivity contribution < 1.29 is 27.1 Å². The lowest BCUT2D eigenvalue weighted by molar-refractivity contribution is -0.139. The van der Waals surface area contributed by atoms with Gasteiger partial charge in [-0.1, -0.05) is 6.07 Å². The van der Waals surface area contributed by atoms with E-state index in [0.29, 0.717) is 36.0 Å². The average molecular weight is 606 g/mol. The van der Waals surface area contributed by atoms with E-state index in [1.54, 1.807) is 12.1 Å². The molecule has 3 aromatic heterocycles. The van der Waals surface area contributed by atoms with Crippen molar-refractivity contribution in [2.24, 2.45) is 0 Å². The first-order chi connectivity index (χ1) is 21.2. The van der Waals surface area contributed by atoms with Gasteiger partial charge in [-0.25, -0.2) is 14.8 Å². The van der Waals surface area contributed by atoms with E-state index in [9.17, 15) is 18.0 Å². The van der Waals surface area contributed by atoms with Crippen LogP contribution in [0.15, 0.2) is 59.6 Å². The fraction of sp³-hybridized carbons (Fsp3) is 0.323. The summed E-state index contributed by atoms with van der Waals surface area (Å²) in [5.74, 6) is 0.114. The molecule has 2 aromatic carbocycles. The van der Waals surface area contributed by atoms with Crippen LogP contribution in [0.3, 0.4) is 0 Å². The highest BCUT2D eigenvalue weighted by Gasteiger charge is 2.36. The predicted octanol–water partition coefficient (Wildman–Crippen LogP) is 6.90. The topological polar surface area (TPSA) is 123 Å². The number of hydrogen-bond acceptors (Lipinski definition) is 7. The number of benzene rings is 2. The van der Waals surface area contributed by atoms with Gasteiger partial charge in [0.15, 0.2) is 5.58 Å². The van der Waals surface area contributed by atoms with Gasteiger partial charge in [0.1, 0.15) is 29.6 Å². The molecule has 0 spiro atoms. The quantitative estimate of drug-likeness (QED) is 0.192. The molecule has 5 aromatic rings. The Kier molecular flexibility index (Phi) is 6.84. The van der Waals surface area contributed by atoms with Gasteiger partial charge in [-0.3, -0.25) is 0 Å². The van der Waals surface area contributed by atoms with Crippen LogP contribution in [0, 0.1) is 0 Å². The predicted molar refractivity (Wildman–Crippen MR) is 161 cm³/mol. The van der Waals surface area contributed by atoms with E-state index in [-0.39, 0.29) is 17.5 Å². The zero-order chi connectivity index (χ0) is 30.6. The Hall–Kier alpha value is -4.78. The Morgan fingerprint density at radius 2 is 1.84 bits per heavy atom. The first-order valence-corrected chi connectivity index (χ1v) is 14.4. The molecule has 0 unspecified atom stereocenters. The first-order valence-electron chi connectivity index (χ1n) is 14.4. The third kappa shape index (κ3) is 5.27. The van der Waals surface area contributed by atoms with Crippen LogP contribution in [0.5, 0.6) is 5.75 Å². The molecular formula is C31H30F3N7O3. The lowest BCUT2D eigenvalue weighted by atomic mass is 10.0. The highest BCUT2D eigenvalue weighted by molar-refractivity contribution is 6.11. The van der Waals surface area contributed by atoms with E-state index in [4.69, 9.17) is 14.9 Å². The van der Waals surface area contributed by atoms with Crippen molar-refractivity contribution in [3.63, 3.8) is 0 Å². The molecule has 0 bridgehead atoms. The van der Waals surface area contributed by atoms with Gasteiger partial charge in [-0.05, 0) is 68.6 Å². The number of nitrogen functional groups attached to an aromatic ring is 1. The van der Waals surface area contributed by atoms with E-state index < -0.39 is 17.8 Å². The summed E-state index contributed by atoms with van der Waals surface area (Å²) < 4.78 is 55.5. The van der Waals surface area contributed by atoms with Crippen LogP contribution in [-0.2, 0) is 6.18 Å². The highest BCUT2D eigenvalue weighted by Crippen LogP contribution is 2.44. The number of anilines is 3. The Bertz CT molecular complexity index is 1870. The molecule has 1 aliphatic carbocycles. The van der Waals surface area contributed by atoms with Crippen molar-refractivity contribution >= 4 is 45.2 Å². The van der Waals surface area contributed by atoms with Crippen LogP contribution in [-0.4, -0.2) is 51.7 Å². The molecule has 44 heavy (non-hydrogen) atoms. The number of furan rings is 1. The van der Waals surface area contributed by atoms with E-state index in [1.807, 2.05) is 19.3 Å². The normalized spacial score (nSPS) is 16.5. The van der Waals surface area contributed by atoms with Crippen molar-refractivity contribution in [1.82, 2.24) is 19.4 Å². The number of aromatic nitrogens is 3. The fourth-order valence-electron chi connectivity index (χ4n) is 5.84. The molecule has 2 fully saturated rings. The van der Waals surface area contributed by atoms with Crippen molar-refractivity contribution in [2.45, 2.75) is 44.0 Å². The van der Waals surface area contributed by atoms with E-state index in [1.165, 1.54) is 24.7 Å². The van der Waals surface area contributed by atoms with E-state index in [0.717, 1.165) is 59.5 Å². The maximum absolute atomic E-state index is 14.0. The van der Waals surface area contributed by atoms with Crippen LogP contribution in [0.4, 0.5) is 35.2 Å². The summed E-state index contributed by atoms with van der Waals surface area (Å²) in [6.45, 7) is 1.50. The monoisotopic (exact) mass is 605 g/mol. The maximum Gasteiger partial charge on any atom is 0.420 e. The van der Waals surface area contributed by atoms with Gasteiger partial charge in [-0.2, -0.15) is 13.2 Å². The lowest BCUT2D eigenvalue weighted by Gasteiger charge is -2.30. The summed E-state index contributed by atoms with van der Waals surface area (Å²) in [4.78, 5) is 23.8. The van der Waals surface area contributed by atoms with Crippen molar-refractivity contribution in [3.8, 4) is 16.9 Å². The molecule has 228 valence electrons. The van der Waals surface area contributed by atoms with Gasteiger partial charge in [0.25, 0.3) is 0 Å². The minimum absolute atomic E-state index is 0.0266. The number of amides is 2. The standard InChI is InChI=1S/C31H30F3N7O3/c1-40-11-8-19(9-12-40)44-25-7-2-17(14-23(25)31(32,33)34)38-30(42)39-24-6-5-20(21-10-13-43-27(21)24)22-15-41(18-3-4-18)29-26(22)28(35)36-16-37-29/h2,5-7,10,13-16,18-19H,3-4,8-9,11-12H2,1H3,(H2,35,36,37)(H2,38,39,42). The Balaban J connectivity index is 1.13. The number of nitrogens with one attached hydrogen (secondary N) is 2. The second-order valence-corrected chi connectivity index (χ2v) is 11.4. The molecule has 1 aliphatic heterocycles. The second kappa shape index (κ2) is 10.7. The van der Waals surface area contributed by atoms with Gasteiger partial charge in [-0.15, -0.1) is 0 Å². The third-order valence-corrected chi connectivity index (χ3v) is 8.24. The smallest absolute Gasteiger partial charge is 0.420 e. The number of carbonyl (C=O) groups is 1. The van der Waals surface area contributed by atoms with Crippen LogP contribution in [0.1, 0.15) is 37.3 Å². The molecule has 4 heterocycles. The minimum atomic E-state index is -4.66. The zero-order valence-corrected chi connectivity index (χ0v) is 23.8. The van der Waals surface area contributed by atoms with Gasteiger partial charge < -0.3 is 35.0 Å². The summed E-state index contributed by atoms with van der Waals surface area (Å²) in [5.41, 5.74) is 8.48. The number of nitrogens with zero attached hydrogens (tertiary/aromatic N) is 4. The largest absolute Gasteiger partial charge is 0.490 e. The van der Waals surface area contributed by atoms with Gasteiger partial charge in [0.2, 0.25) is 0 Å². The summed E-state index contributed by atoms with van der Waals surface area (Å²) in [7, 11) is 1.97.